The number of halogens is 5. The highest BCUT2D eigenvalue weighted by atomic mass is 35.5. The number of hydrogen-bond donors (Lipinski definition) is 2. The molecular weight excluding hydrogens is 524 g/mol. The zero-order chi connectivity index (χ0) is 26.9. The number of nitrogens with one attached hydrogen (secondary N) is 1. The number of aromatic nitrogens is 3. The van der Waals surface area contributed by atoms with Crippen molar-refractivity contribution in [2.24, 2.45) is 0 Å². The summed E-state index contributed by atoms with van der Waals surface area (Å²) in [7, 11) is 0. The monoisotopic (exact) mass is 542 g/mol. The molecule has 5 rings (SSSR count). The van der Waals surface area contributed by atoms with Crippen molar-refractivity contribution in [2.75, 3.05) is 5.32 Å². The van der Waals surface area contributed by atoms with Crippen LogP contribution in [-0.4, -0.2) is 19.6 Å². The van der Waals surface area contributed by atoms with Crippen LogP contribution in [0, 0.1) is 5.82 Å². The van der Waals surface area contributed by atoms with Crippen molar-refractivity contribution in [1.29, 1.82) is 0 Å². The van der Waals surface area contributed by atoms with Crippen molar-refractivity contribution in [3.63, 3.8) is 0 Å². The maximum Gasteiger partial charge on any atom is 0.418 e. The van der Waals surface area contributed by atoms with Crippen LogP contribution in [-0.2, 0) is 19.4 Å². The molecule has 0 bridgehead atoms. The van der Waals surface area contributed by atoms with Crippen LogP contribution in [0.2, 0.25) is 5.02 Å². The third-order valence-corrected chi connectivity index (χ3v) is 6.08. The molecule has 0 unspecified atom stereocenters. The summed E-state index contributed by atoms with van der Waals surface area (Å²) in [5, 5.41) is 13.4. The van der Waals surface area contributed by atoms with Crippen molar-refractivity contribution in [3.05, 3.63) is 107 Å². The lowest BCUT2D eigenvalue weighted by atomic mass is 10.2. The molecule has 0 radical (unpaired) electrons. The Morgan fingerprint density at radius 2 is 1.84 bits per heavy atom. The Balaban J connectivity index is 1.41. The van der Waals surface area contributed by atoms with Gasteiger partial charge in [-0.25, -0.2) is 14.4 Å². The summed E-state index contributed by atoms with van der Waals surface area (Å²) >= 11 is 6.40. The van der Waals surface area contributed by atoms with Gasteiger partial charge in [-0.15, -0.1) is 0 Å². The molecule has 0 saturated heterocycles. The Labute approximate surface area is 219 Å². The van der Waals surface area contributed by atoms with Crippen LogP contribution >= 0.6 is 11.6 Å². The number of fused-ring (bicyclic) bond motifs is 1. The molecule has 2 aromatic heterocycles. The smallest absolute Gasteiger partial charge is 0.418 e. The van der Waals surface area contributed by atoms with Gasteiger partial charge in [0.25, 0.3) is 0 Å². The first-order chi connectivity index (χ1) is 18.2. The van der Waals surface area contributed by atoms with Crippen molar-refractivity contribution >= 4 is 34.0 Å². The van der Waals surface area contributed by atoms with Gasteiger partial charge in [0.2, 0.25) is 0 Å². The number of hydrogen-bond acceptors (Lipinski definition) is 5. The van der Waals surface area contributed by atoms with Gasteiger partial charge in [0.1, 0.15) is 30.3 Å². The van der Waals surface area contributed by atoms with E-state index < -0.39 is 18.3 Å². The number of aliphatic hydroxyl groups excluding tert-OH is 1. The average molecular weight is 543 g/mol. The minimum Gasteiger partial charge on any atom is -0.487 e. The fourth-order valence-corrected chi connectivity index (χ4v) is 4.19. The summed E-state index contributed by atoms with van der Waals surface area (Å²) in [6.45, 7) is -0.606. The van der Waals surface area contributed by atoms with E-state index in [1.807, 2.05) is 0 Å². The molecule has 2 heterocycles. The molecule has 0 amide bonds. The van der Waals surface area contributed by atoms with E-state index in [1.165, 1.54) is 29.2 Å². The molecule has 3 aromatic carbocycles. The second-order valence-corrected chi connectivity index (χ2v) is 8.78. The van der Waals surface area contributed by atoms with E-state index in [1.54, 1.807) is 48.5 Å². The highest BCUT2D eigenvalue weighted by Gasteiger charge is 2.34. The van der Waals surface area contributed by atoms with Gasteiger partial charge < -0.3 is 19.7 Å². The average Bonchev–Trinajstić information content (AvgIpc) is 3.34. The second kappa shape index (κ2) is 10.3. The summed E-state index contributed by atoms with van der Waals surface area (Å²) < 4.78 is 60.4. The van der Waals surface area contributed by atoms with Crippen LogP contribution in [0.25, 0.3) is 16.6 Å². The Morgan fingerprint density at radius 1 is 1.00 bits per heavy atom. The molecular formula is C27H19ClF4N4O2. The predicted octanol–water partition coefficient (Wildman–Crippen LogP) is 7.05. The van der Waals surface area contributed by atoms with Gasteiger partial charge >= 0.3 is 6.18 Å². The Bertz CT molecular complexity index is 1620. The molecule has 194 valence electrons. The van der Waals surface area contributed by atoms with E-state index in [0.29, 0.717) is 44.4 Å². The van der Waals surface area contributed by atoms with Crippen molar-refractivity contribution in [2.45, 2.75) is 19.4 Å². The molecule has 0 saturated carbocycles. The maximum atomic E-state index is 13.4. The number of benzene rings is 3. The van der Waals surface area contributed by atoms with Gasteiger partial charge in [-0.05, 0) is 54.1 Å². The number of rotatable bonds is 7. The van der Waals surface area contributed by atoms with Crippen LogP contribution in [0.15, 0.2) is 79.4 Å². The summed E-state index contributed by atoms with van der Waals surface area (Å²) in [5.41, 5.74) is 1.11. The number of aliphatic hydroxyl groups is 1. The van der Waals surface area contributed by atoms with E-state index in [9.17, 15) is 22.7 Å². The summed E-state index contributed by atoms with van der Waals surface area (Å²) in [6.07, 6.45) is -1.05. The summed E-state index contributed by atoms with van der Waals surface area (Å²) in [4.78, 5) is 8.52. The number of nitrogens with zero attached hydrogens (tertiary/aromatic N) is 3. The van der Waals surface area contributed by atoms with E-state index in [0.717, 1.165) is 6.20 Å². The highest BCUT2D eigenvalue weighted by Crippen LogP contribution is 2.35. The Morgan fingerprint density at radius 3 is 2.55 bits per heavy atom. The van der Waals surface area contributed by atoms with E-state index >= 15 is 0 Å². The van der Waals surface area contributed by atoms with Crippen molar-refractivity contribution in [3.8, 4) is 11.4 Å². The van der Waals surface area contributed by atoms with Crippen LogP contribution < -0.4 is 10.1 Å². The fraction of sp³-hybridized carbons (Fsp3) is 0.111. The van der Waals surface area contributed by atoms with Crippen molar-refractivity contribution in [1.82, 2.24) is 14.5 Å². The quantitative estimate of drug-likeness (QED) is 0.216. The molecule has 6 nitrogen and oxygen atoms in total. The minimum absolute atomic E-state index is 0.136. The van der Waals surface area contributed by atoms with Crippen LogP contribution in [0.4, 0.5) is 29.1 Å². The fourth-order valence-electron chi connectivity index (χ4n) is 3.95. The topological polar surface area (TPSA) is 72.2 Å². The lowest BCUT2D eigenvalue weighted by Crippen LogP contribution is -2.06. The molecule has 38 heavy (non-hydrogen) atoms. The van der Waals surface area contributed by atoms with Crippen LogP contribution in [0.3, 0.4) is 0 Å². The summed E-state index contributed by atoms with van der Waals surface area (Å²) in [6, 6.07) is 16.0. The molecule has 0 spiro atoms. The van der Waals surface area contributed by atoms with Gasteiger partial charge in [0.05, 0.1) is 22.7 Å². The van der Waals surface area contributed by atoms with Crippen LogP contribution in [0.1, 0.15) is 16.7 Å². The third-order valence-electron chi connectivity index (χ3n) is 5.78. The number of alkyl halides is 3. The number of anilines is 2. The van der Waals surface area contributed by atoms with Crippen molar-refractivity contribution < 1.29 is 27.4 Å². The molecule has 0 aliphatic rings. The summed E-state index contributed by atoms with van der Waals surface area (Å²) in [5.74, 6) is 0.458. The first kappa shape index (κ1) is 25.5. The standard InChI is InChI=1S/C27H19ClF4N4O2/c28-23-9-19(4-7-25(23)38-14-16-2-1-3-18(29)8-16)35-26-21-10-20(5-6-24(21)33-15-34-26)36-11-17(13-37)22(12-36)27(30,31)32/h1-12,15,37H,13-14H2,(H,33,34,35). The maximum absolute atomic E-state index is 13.4. The van der Waals surface area contributed by atoms with Gasteiger partial charge in [-0.3, -0.25) is 0 Å². The van der Waals surface area contributed by atoms with E-state index in [-0.39, 0.29) is 18.0 Å². The predicted molar refractivity (Wildman–Crippen MR) is 135 cm³/mol. The minimum atomic E-state index is -4.59. The molecule has 11 heteroatoms. The molecule has 0 fully saturated rings. The van der Waals surface area contributed by atoms with Crippen LogP contribution in [0.5, 0.6) is 5.75 Å². The SMILES string of the molecule is OCc1cn(-c2ccc3ncnc(Nc4ccc(OCc5cccc(F)c5)c(Cl)c4)c3c2)cc1C(F)(F)F. The molecule has 0 aliphatic carbocycles. The first-order valence-corrected chi connectivity index (χ1v) is 11.7. The van der Waals surface area contributed by atoms with E-state index in [4.69, 9.17) is 16.3 Å². The third kappa shape index (κ3) is 5.41. The van der Waals surface area contributed by atoms with Gasteiger partial charge in [0, 0.05) is 34.7 Å². The number of ether oxygens (including phenoxy) is 1. The normalized spacial score (nSPS) is 11.6. The van der Waals surface area contributed by atoms with Gasteiger partial charge in [-0.1, -0.05) is 23.7 Å². The zero-order valence-corrected chi connectivity index (χ0v) is 20.3. The van der Waals surface area contributed by atoms with E-state index in [2.05, 4.69) is 15.3 Å². The van der Waals surface area contributed by atoms with Gasteiger partial charge in [-0.2, -0.15) is 13.2 Å². The molecule has 2 N–H and O–H groups in total. The zero-order valence-electron chi connectivity index (χ0n) is 19.5. The first-order valence-electron chi connectivity index (χ1n) is 11.3. The molecule has 0 atom stereocenters. The lowest BCUT2D eigenvalue weighted by Gasteiger charge is -2.13. The second-order valence-electron chi connectivity index (χ2n) is 8.37. The molecule has 5 aromatic rings. The largest absolute Gasteiger partial charge is 0.487 e. The Hall–Kier alpha value is -4.15. The van der Waals surface area contributed by atoms with Gasteiger partial charge in [0.15, 0.2) is 0 Å². The highest BCUT2D eigenvalue weighted by molar-refractivity contribution is 6.32. The lowest BCUT2D eigenvalue weighted by molar-refractivity contribution is -0.138. The Kier molecular flexibility index (Phi) is 6.92. The molecule has 0 aliphatic heterocycles.